The van der Waals surface area contributed by atoms with E-state index >= 15 is 0 Å². The van der Waals surface area contributed by atoms with E-state index in [4.69, 9.17) is 16.7 Å². The molecule has 2 N–H and O–H groups in total. The SMILES string of the molecule is O=C(O)c1ccnc2nc(-c3cccc(F)c3Cl)[nH]c12. The van der Waals surface area contributed by atoms with E-state index in [9.17, 15) is 9.18 Å². The van der Waals surface area contributed by atoms with Gasteiger partial charge in [-0.3, -0.25) is 0 Å². The van der Waals surface area contributed by atoms with Crippen LogP contribution in [0.5, 0.6) is 0 Å². The van der Waals surface area contributed by atoms with Gasteiger partial charge in [-0.15, -0.1) is 0 Å². The lowest BCUT2D eigenvalue weighted by atomic mass is 10.2. The minimum absolute atomic E-state index is 0.0428. The minimum Gasteiger partial charge on any atom is -0.478 e. The number of H-pyrrole nitrogens is 1. The molecule has 2 aromatic heterocycles. The summed E-state index contributed by atoms with van der Waals surface area (Å²) >= 11 is 5.89. The third kappa shape index (κ3) is 1.90. The van der Waals surface area contributed by atoms with E-state index in [1.807, 2.05) is 0 Å². The number of carbonyl (C=O) groups is 1. The molecule has 3 rings (SSSR count). The predicted molar refractivity (Wildman–Crippen MR) is 71.3 cm³/mol. The first-order chi connectivity index (χ1) is 9.58. The van der Waals surface area contributed by atoms with Crippen molar-refractivity contribution in [1.82, 2.24) is 15.0 Å². The molecule has 0 bridgehead atoms. The van der Waals surface area contributed by atoms with Crippen LogP contribution >= 0.6 is 11.6 Å². The minimum atomic E-state index is -1.10. The number of halogens is 2. The largest absolute Gasteiger partial charge is 0.478 e. The Hall–Kier alpha value is -2.47. The highest BCUT2D eigenvalue weighted by atomic mass is 35.5. The first-order valence-corrected chi connectivity index (χ1v) is 5.98. The van der Waals surface area contributed by atoms with Gasteiger partial charge >= 0.3 is 5.97 Å². The smallest absolute Gasteiger partial charge is 0.338 e. The number of hydrogen-bond donors (Lipinski definition) is 2. The van der Waals surface area contributed by atoms with E-state index in [2.05, 4.69) is 15.0 Å². The number of imidazole rings is 1. The number of rotatable bonds is 2. The monoisotopic (exact) mass is 291 g/mol. The number of carboxylic acids is 1. The Morgan fingerprint density at radius 3 is 2.90 bits per heavy atom. The molecule has 20 heavy (non-hydrogen) atoms. The maximum absolute atomic E-state index is 13.4. The van der Waals surface area contributed by atoms with Gasteiger partial charge in [-0.25, -0.2) is 19.2 Å². The lowest BCUT2D eigenvalue weighted by Gasteiger charge is -2.00. The normalized spacial score (nSPS) is 10.9. The molecule has 0 spiro atoms. The maximum atomic E-state index is 13.4. The lowest BCUT2D eigenvalue weighted by molar-refractivity contribution is 0.0698. The third-order valence-corrected chi connectivity index (χ3v) is 3.21. The number of aromatic amines is 1. The number of hydrogen-bond acceptors (Lipinski definition) is 3. The Bertz CT molecular complexity index is 832. The Kier molecular flexibility index (Phi) is 2.87. The van der Waals surface area contributed by atoms with Gasteiger partial charge < -0.3 is 10.1 Å². The molecule has 0 aliphatic heterocycles. The Morgan fingerprint density at radius 1 is 1.35 bits per heavy atom. The molecule has 0 fully saturated rings. The van der Waals surface area contributed by atoms with Crippen LogP contribution in [0.25, 0.3) is 22.6 Å². The van der Waals surface area contributed by atoms with Gasteiger partial charge in [-0.2, -0.15) is 0 Å². The number of benzene rings is 1. The Balaban J connectivity index is 2.26. The van der Waals surface area contributed by atoms with Crippen LogP contribution in [-0.4, -0.2) is 26.0 Å². The first-order valence-electron chi connectivity index (χ1n) is 5.60. The van der Waals surface area contributed by atoms with Crippen molar-refractivity contribution in [2.75, 3.05) is 0 Å². The van der Waals surface area contributed by atoms with Crippen LogP contribution in [0.4, 0.5) is 4.39 Å². The van der Waals surface area contributed by atoms with E-state index < -0.39 is 11.8 Å². The van der Waals surface area contributed by atoms with Crippen LogP contribution in [0.2, 0.25) is 5.02 Å². The van der Waals surface area contributed by atoms with Crippen molar-refractivity contribution in [2.24, 2.45) is 0 Å². The highest BCUT2D eigenvalue weighted by Gasteiger charge is 2.16. The van der Waals surface area contributed by atoms with Gasteiger partial charge in [0.15, 0.2) is 5.65 Å². The zero-order valence-electron chi connectivity index (χ0n) is 9.89. The molecule has 0 aliphatic rings. The first kappa shape index (κ1) is 12.6. The van der Waals surface area contributed by atoms with Gasteiger partial charge in [-0.05, 0) is 18.2 Å². The topological polar surface area (TPSA) is 78.9 Å². The van der Waals surface area contributed by atoms with Crippen molar-refractivity contribution in [3.63, 3.8) is 0 Å². The van der Waals surface area contributed by atoms with Crippen molar-refractivity contribution in [1.29, 1.82) is 0 Å². The molecule has 0 radical (unpaired) electrons. The Morgan fingerprint density at radius 2 is 2.15 bits per heavy atom. The van der Waals surface area contributed by atoms with Crippen LogP contribution in [-0.2, 0) is 0 Å². The van der Waals surface area contributed by atoms with E-state index in [-0.39, 0.29) is 27.6 Å². The molecule has 5 nitrogen and oxygen atoms in total. The number of pyridine rings is 1. The van der Waals surface area contributed by atoms with Crippen LogP contribution < -0.4 is 0 Å². The zero-order valence-corrected chi connectivity index (χ0v) is 10.6. The summed E-state index contributed by atoms with van der Waals surface area (Å²) in [5.74, 6) is -1.40. The fourth-order valence-corrected chi connectivity index (χ4v) is 2.12. The van der Waals surface area contributed by atoms with Gasteiger partial charge in [0.25, 0.3) is 0 Å². The number of aromatic carboxylic acids is 1. The molecule has 1 aromatic carbocycles. The highest BCUT2D eigenvalue weighted by Crippen LogP contribution is 2.29. The predicted octanol–water partition coefficient (Wildman–Crippen LogP) is 3.12. The number of carboxylic acid groups (broad SMARTS) is 1. The van der Waals surface area contributed by atoms with Crippen LogP contribution in [0.1, 0.15) is 10.4 Å². The summed E-state index contributed by atoms with van der Waals surface area (Å²) in [6.45, 7) is 0. The molecule has 0 saturated heterocycles. The molecule has 0 unspecified atom stereocenters. The quantitative estimate of drug-likeness (QED) is 0.760. The standard InChI is InChI=1S/C13H7ClFN3O2/c14-9-6(2-1-3-8(9)15)11-17-10-7(13(19)20)4-5-16-12(10)18-11/h1-5H,(H,19,20)(H,16,17,18). The van der Waals surface area contributed by atoms with Crippen LogP contribution in [0, 0.1) is 5.82 Å². The lowest BCUT2D eigenvalue weighted by Crippen LogP contribution is -1.97. The number of nitrogens with one attached hydrogen (secondary N) is 1. The van der Waals surface area contributed by atoms with Gasteiger partial charge in [-0.1, -0.05) is 17.7 Å². The van der Waals surface area contributed by atoms with Crippen molar-refractivity contribution in [3.8, 4) is 11.4 Å². The summed E-state index contributed by atoms with van der Waals surface area (Å²) in [4.78, 5) is 22.1. The van der Waals surface area contributed by atoms with Crippen LogP contribution in [0.3, 0.4) is 0 Å². The van der Waals surface area contributed by atoms with Crippen molar-refractivity contribution >= 4 is 28.7 Å². The average molecular weight is 292 g/mol. The van der Waals surface area contributed by atoms with Crippen molar-refractivity contribution in [3.05, 3.63) is 46.9 Å². The third-order valence-electron chi connectivity index (χ3n) is 2.83. The van der Waals surface area contributed by atoms with Gasteiger partial charge in [0, 0.05) is 11.8 Å². The van der Waals surface area contributed by atoms with Gasteiger partial charge in [0.2, 0.25) is 0 Å². The summed E-state index contributed by atoms with van der Waals surface area (Å²) in [7, 11) is 0. The number of fused-ring (bicyclic) bond motifs is 1. The molecular weight excluding hydrogens is 285 g/mol. The molecule has 7 heteroatoms. The molecule has 3 aromatic rings. The highest BCUT2D eigenvalue weighted by molar-refractivity contribution is 6.33. The summed E-state index contributed by atoms with van der Waals surface area (Å²) in [6.07, 6.45) is 1.35. The second-order valence-electron chi connectivity index (χ2n) is 4.05. The molecule has 0 saturated carbocycles. The molecule has 2 heterocycles. The van der Waals surface area contributed by atoms with E-state index in [1.54, 1.807) is 6.07 Å². The number of nitrogens with zero attached hydrogens (tertiary/aromatic N) is 2. The summed E-state index contributed by atoms with van der Waals surface area (Å²) in [5.41, 5.74) is 0.901. The Labute approximate surface area is 117 Å². The summed E-state index contributed by atoms with van der Waals surface area (Å²) < 4.78 is 13.4. The van der Waals surface area contributed by atoms with Gasteiger partial charge in [0.1, 0.15) is 11.6 Å². The average Bonchev–Trinajstić information content (AvgIpc) is 2.84. The zero-order chi connectivity index (χ0) is 14.3. The second-order valence-corrected chi connectivity index (χ2v) is 4.43. The fraction of sp³-hybridized carbons (Fsp3) is 0. The van der Waals surface area contributed by atoms with E-state index in [0.717, 1.165) is 0 Å². The van der Waals surface area contributed by atoms with E-state index in [0.29, 0.717) is 5.56 Å². The second kappa shape index (κ2) is 4.57. The summed E-state index contributed by atoms with van der Waals surface area (Å²) in [6, 6.07) is 5.67. The van der Waals surface area contributed by atoms with Crippen molar-refractivity contribution < 1.29 is 14.3 Å². The summed E-state index contributed by atoms with van der Waals surface area (Å²) in [5, 5.41) is 9.02. The van der Waals surface area contributed by atoms with E-state index in [1.165, 1.54) is 24.4 Å². The van der Waals surface area contributed by atoms with Crippen LogP contribution in [0.15, 0.2) is 30.5 Å². The molecule has 100 valence electrons. The fourth-order valence-electron chi connectivity index (χ4n) is 1.90. The maximum Gasteiger partial charge on any atom is 0.338 e. The molecule has 0 aliphatic carbocycles. The molecule has 0 atom stereocenters. The molecular formula is C13H7ClFN3O2. The number of aromatic nitrogens is 3. The van der Waals surface area contributed by atoms with Crippen molar-refractivity contribution in [2.45, 2.75) is 0 Å². The molecule has 0 amide bonds. The van der Waals surface area contributed by atoms with Gasteiger partial charge in [0.05, 0.1) is 16.1 Å².